The van der Waals surface area contributed by atoms with Crippen LogP contribution in [0.1, 0.15) is 29.9 Å². The Morgan fingerprint density at radius 3 is 2.33 bits per heavy atom. The first-order chi connectivity index (χ1) is 15.8. The predicted octanol–water partition coefficient (Wildman–Crippen LogP) is 4.51. The molecule has 1 N–H and O–H groups in total. The SMILES string of the molecule is O=C(Nc1ccc(C(F)(F)F)cn1)C(=O)N1CCC(c2ccncc2-c2ccccc2)CC1. The van der Waals surface area contributed by atoms with Crippen molar-refractivity contribution in [3.05, 3.63) is 78.2 Å². The number of hydrogen-bond donors (Lipinski definition) is 1. The van der Waals surface area contributed by atoms with Gasteiger partial charge in [0.2, 0.25) is 0 Å². The van der Waals surface area contributed by atoms with Crippen molar-refractivity contribution in [2.45, 2.75) is 24.9 Å². The number of pyridine rings is 2. The van der Waals surface area contributed by atoms with Crippen LogP contribution >= 0.6 is 0 Å². The molecule has 0 saturated carbocycles. The van der Waals surface area contributed by atoms with Crippen molar-refractivity contribution in [3.8, 4) is 11.1 Å². The van der Waals surface area contributed by atoms with Crippen LogP contribution in [0.4, 0.5) is 19.0 Å². The monoisotopic (exact) mass is 454 g/mol. The standard InChI is InChI=1S/C24H21F3N4O2/c25-24(26,27)18-6-7-21(29-14-18)30-22(32)23(33)31-12-9-17(10-13-31)19-8-11-28-15-20(19)16-4-2-1-3-5-16/h1-8,11,14-15,17H,9-10,12-13H2,(H,29,30,32). The molecule has 0 aliphatic carbocycles. The van der Waals surface area contributed by atoms with Crippen LogP contribution in [0, 0.1) is 0 Å². The van der Waals surface area contributed by atoms with Crippen LogP contribution in [-0.2, 0) is 15.8 Å². The van der Waals surface area contributed by atoms with Gasteiger partial charge >= 0.3 is 18.0 Å². The second-order valence-corrected chi connectivity index (χ2v) is 7.78. The maximum absolute atomic E-state index is 12.6. The van der Waals surface area contributed by atoms with E-state index in [-0.39, 0.29) is 11.7 Å². The van der Waals surface area contributed by atoms with E-state index in [0.29, 0.717) is 32.1 Å². The lowest BCUT2D eigenvalue weighted by atomic mass is 9.85. The Hall–Kier alpha value is -3.75. The van der Waals surface area contributed by atoms with E-state index in [1.165, 1.54) is 4.90 Å². The highest BCUT2D eigenvalue weighted by molar-refractivity contribution is 6.39. The number of hydrogen-bond acceptors (Lipinski definition) is 4. The number of anilines is 1. The number of alkyl halides is 3. The molecule has 4 rings (SSSR count). The summed E-state index contributed by atoms with van der Waals surface area (Å²) in [6, 6.07) is 13.8. The molecule has 6 nitrogen and oxygen atoms in total. The van der Waals surface area contributed by atoms with Gasteiger partial charge in [0, 0.05) is 37.2 Å². The highest BCUT2D eigenvalue weighted by atomic mass is 19.4. The van der Waals surface area contributed by atoms with Crippen molar-refractivity contribution in [3.63, 3.8) is 0 Å². The zero-order valence-electron chi connectivity index (χ0n) is 17.5. The second-order valence-electron chi connectivity index (χ2n) is 7.78. The minimum absolute atomic E-state index is 0.111. The van der Waals surface area contributed by atoms with Crippen LogP contribution in [0.25, 0.3) is 11.1 Å². The van der Waals surface area contributed by atoms with E-state index in [4.69, 9.17) is 0 Å². The number of aromatic nitrogens is 2. The van der Waals surface area contributed by atoms with Gasteiger partial charge in [0.15, 0.2) is 0 Å². The average molecular weight is 454 g/mol. The van der Waals surface area contributed by atoms with Crippen LogP contribution in [0.15, 0.2) is 67.1 Å². The summed E-state index contributed by atoms with van der Waals surface area (Å²) in [5.41, 5.74) is 2.35. The maximum atomic E-state index is 12.6. The van der Waals surface area contributed by atoms with E-state index in [2.05, 4.69) is 15.3 Å². The lowest BCUT2D eigenvalue weighted by Gasteiger charge is -2.32. The number of halogens is 3. The molecule has 9 heteroatoms. The molecule has 33 heavy (non-hydrogen) atoms. The third kappa shape index (κ3) is 5.19. The Morgan fingerprint density at radius 2 is 1.70 bits per heavy atom. The topological polar surface area (TPSA) is 75.2 Å². The predicted molar refractivity (Wildman–Crippen MR) is 116 cm³/mol. The molecule has 3 aromatic rings. The Bertz CT molecular complexity index is 1130. The molecule has 0 bridgehead atoms. The minimum atomic E-state index is -4.52. The van der Waals surface area contributed by atoms with E-state index in [0.717, 1.165) is 28.8 Å². The number of nitrogens with zero attached hydrogens (tertiary/aromatic N) is 3. The molecule has 1 aromatic carbocycles. The molecule has 0 atom stereocenters. The largest absolute Gasteiger partial charge is 0.417 e. The highest BCUT2D eigenvalue weighted by Gasteiger charge is 2.31. The van der Waals surface area contributed by atoms with Crippen molar-refractivity contribution < 1.29 is 22.8 Å². The van der Waals surface area contributed by atoms with Crippen LogP contribution in [-0.4, -0.2) is 39.8 Å². The fraction of sp³-hybridized carbons (Fsp3) is 0.250. The molecule has 0 radical (unpaired) electrons. The molecule has 1 saturated heterocycles. The number of nitrogens with one attached hydrogen (secondary N) is 1. The minimum Gasteiger partial charge on any atom is -0.334 e. The van der Waals surface area contributed by atoms with Crippen LogP contribution in [0.2, 0.25) is 0 Å². The Morgan fingerprint density at radius 1 is 0.970 bits per heavy atom. The number of likely N-dealkylation sites (tertiary alicyclic amines) is 1. The van der Waals surface area contributed by atoms with Gasteiger partial charge in [-0.2, -0.15) is 13.2 Å². The zero-order valence-corrected chi connectivity index (χ0v) is 17.5. The number of piperidine rings is 1. The number of carbonyl (C=O) groups excluding carboxylic acids is 2. The van der Waals surface area contributed by atoms with Crippen molar-refractivity contribution in [2.24, 2.45) is 0 Å². The molecule has 2 amide bonds. The zero-order chi connectivity index (χ0) is 23.4. The van der Waals surface area contributed by atoms with Crippen molar-refractivity contribution in [1.29, 1.82) is 0 Å². The summed E-state index contributed by atoms with van der Waals surface area (Å²) >= 11 is 0. The molecular weight excluding hydrogens is 433 g/mol. The van der Waals surface area contributed by atoms with E-state index in [9.17, 15) is 22.8 Å². The smallest absolute Gasteiger partial charge is 0.334 e. The summed E-state index contributed by atoms with van der Waals surface area (Å²) in [6.45, 7) is 0.793. The first-order valence-corrected chi connectivity index (χ1v) is 10.5. The fourth-order valence-electron chi connectivity index (χ4n) is 3.96. The maximum Gasteiger partial charge on any atom is 0.417 e. The third-order valence-corrected chi connectivity index (χ3v) is 5.69. The molecule has 2 aromatic heterocycles. The summed E-state index contributed by atoms with van der Waals surface area (Å²) in [6.07, 6.45) is 1.05. The molecule has 1 aliphatic heterocycles. The fourth-order valence-corrected chi connectivity index (χ4v) is 3.96. The van der Waals surface area contributed by atoms with Crippen molar-refractivity contribution >= 4 is 17.6 Å². The number of carbonyl (C=O) groups is 2. The molecular formula is C24H21F3N4O2. The molecule has 170 valence electrons. The first kappa shape index (κ1) is 22.4. The van der Waals surface area contributed by atoms with Crippen molar-refractivity contribution in [1.82, 2.24) is 14.9 Å². The average Bonchev–Trinajstić information content (AvgIpc) is 2.84. The Kier molecular flexibility index (Phi) is 6.39. The normalized spacial score (nSPS) is 14.7. The van der Waals surface area contributed by atoms with Gasteiger partial charge in [-0.25, -0.2) is 4.98 Å². The van der Waals surface area contributed by atoms with Gasteiger partial charge in [-0.15, -0.1) is 0 Å². The first-order valence-electron chi connectivity index (χ1n) is 10.5. The molecule has 0 unspecified atom stereocenters. The van der Waals surface area contributed by atoms with Gasteiger partial charge in [-0.1, -0.05) is 30.3 Å². The van der Waals surface area contributed by atoms with Gasteiger partial charge in [0.05, 0.1) is 5.56 Å². The summed E-state index contributed by atoms with van der Waals surface area (Å²) in [7, 11) is 0. The number of amides is 2. The molecule has 0 spiro atoms. The van der Waals surface area contributed by atoms with Crippen molar-refractivity contribution in [2.75, 3.05) is 18.4 Å². The van der Waals surface area contributed by atoms with Crippen LogP contribution < -0.4 is 5.32 Å². The van der Waals surface area contributed by atoms with E-state index < -0.39 is 23.6 Å². The summed E-state index contributed by atoms with van der Waals surface area (Å²) in [5.74, 6) is -1.55. The summed E-state index contributed by atoms with van der Waals surface area (Å²) in [4.78, 5) is 34.2. The lowest BCUT2D eigenvalue weighted by Crippen LogP contribution is -2.44. The number of rotatable bonds is 3. The lowest BCUT2D eigenvalue weighted by molar-refractivity contribution is -0.143. The molecule has 3 heterocycles. The van der Waals surface area contributed by atoms with Gasteiger partial charge in [0.1, 0.15) is 5.82 Å². The van der Waals surface area contributed by atoms with Gasteiger partial charge in [-0.3, -0.25) is 14.6 Å². The van der Waals surface area contributed by atoms with E-state index >= 15 is 0 Å². The molecule has 1 aliphatic rings. The second kappa shape index (κ2) is 9.40. The Labute approximate surface area is 188 Å². The van der Waals surface area contributed by atoms with E-state index in [1.807, 2.05) is 42.6 Å². The summed E-state index contributed by atoms with van der Waals surface area (Å²) < 4.78 is 37.9. The van der Waals surface area contributed by atoms with Crippen LogP contribution in [0.3, 0.4) is 0 Å². The molecule has 1 fully saturated rings. The van der Waals surface area contributed by atoms with Gasteiger partial charge < -0.3 is 10.2 Å². The summed E-state index contributed by atoms with van der Waals surface area (Å²) in [5, 5.41) is 2.27. The van der Waals surface area contributed by atoms with Crippen LogP contribution in [0.5, 0.6) is 0 Å². The van der Waals surface area contributed by atoms with E-state index in [1.54, 1.807) is 6.20 Å². The number of benzene rings is 1. The highest BCUT2D eigenvalue weighted by Crippen LogP contribution is 2.35. The van der Waals surface area contributed by atoms with Gasteiger partial charge in [0.25, 0.3) is 0 Å². The quantitative estimate of drug-likeness (QED) is 0.591. The van der Waals surface area contributed by atoms with Gasteiger partial charge in [-0.05, 0) is 48.1 Å². The Balaban J connectivity index is 1.37. The third-order valence-electron chi connectivity index (χ3n) is 5.69.